The van der Waals surface area contributed by atoms with Crippen molar-refractivity contribution in [2.45, 2.75) is 36.9 Å². The predicted octanol–water partition coefficient (Wildman–Crippen LogP) is 3.01. The summed E-state index contributed by atoms with van der Waals surface area (Å²) in [7, 11) is -3.18. The second kappa shape index (κ2) is 7.33. The summed E-state index contributed by atoms with van der Waals surface area (Å²) in [6.07, 6.45) is 5.00. The summed E-state index contributed by atoms with van der Waals surface area (Å²) in [5.74, 6) is -0.815. The molecule has 1 aliphatic heterocycles. The summed E-state index contributed by atoms with van der Waals surface area (Å²) < 4.78 is 26.0. The number of aromatic carboxylic acids is 1. The summed E-state index contributed by atoms with van der Waals surface area (Å²) in [6.45, 7) is 0.897. The molecule has 2 aliphatic rings. The highest BCUT2D eigenvalue weighted by atomic mass is 32.2. The second-order valence-electron chi connectivity index (χ2n) is 8.48. The molecule has 1 atom stereocenters. The van der Waals surface area contributed by atoms with E-state index in [-0.39, 0.29) is 5.69 Å². The van der Waals surface area contributed by atoms with Crippen molar-refractivity contribution < 1.29 is 18.3 Å². The Morgan fingerprint density at radius 2 is 1.90 bits per heavy atom. The lowest BCUT2D eigenvalue weighted by molar-refractivity contribution is 0.0691. The number of sulfone groups is 1. The zero-order valence-corrected chi connectivity index (χ0v) is 18.0. The maximum Gasteiger partial charge on any atom is 0.354 e. The van der Waals surface area contributed by atoms with Crippen LogP contribution in [0.3, 0.4) is 0 Å². The van der Waals surface area contributed by atoms with Gasteiger partial charge in [0.2, 0.25) is 0 Å². The number of hydrogen-bond acceptors (Lipinski definition) is 6. The number of fused-ring (bicyclic) bond motifs is 1. The highest BCUT2D eigenvalue weighted by Crippen LogP contribution is 2.43. The number of hydrogen-bond donors (Lipinski definition) is 1. The lowest BCUT2D eigenvalue weighted by Gasteiger charge is -2.26. The SMILES string of the molecule is CS(=O)(=O)[C@@H]1CCN(c2cc(C(=O)O)nc3c2c(C2CCC2)nn3-c2ccccc2)C1. The Labute approximate surface area is 180 Å². The van der Waals surface area contributed by atoms with Crippen molar-refractivity contribution in [1.29, 1.82) is 0 Å². The number of aromatic nitrogens is 3. The van der Waals surface area contributed by atoms with Gasteiger partial charge in [-0.25, -0.2) is 22.9 Å². The maximum absolute atomic E-state index is 12.1. The molecule has 0 radical (unpaired) electrons. The predicted molar refractivity (Wildman–Crippen MR) is 118 cm³/mol. The molecular weight excluding hydrogens is 416 g/mol. The topological polar surface area (TPSA) is 105 Å². The van der Waals surface area contributed by atoms with Gasteiger partial charge in [-0.1, -0.05) is 24.6 Å². The van der Waals surface area contributed by atoms with Crippen molar-refractivity contribution >= 4 is 32.5 Å². The Balaban J connectivity index is 1.74. The van der Waals surface area contributed by atoms with Crippen LogP contribution in [0.15, 0.2) is 36.4 Å². The number of carboxylic acid groups (broad SMARTS) is 1. The fourth-order valence-corrected chi connectivity index (χ4v) is 5.48. The Hall–Kier alpha value is -2.94. The van der Waals surface area contributed by atoms with E-state index in [0.717, 1.165) is 41.7 Å². The number of carboxylic acids is 1. The molecule has 1 N–H and O–H groups in total. The van der Waals surface area contributed by atoms with E-state index in [9.17, 15) is 18.3 Å². The molecule has 3 aromatic rings. The van der Waals surface area contributed by atoms with Crippen LogP contribution in [0, 0.1) is 0 Å². The van der Waals surface area contributed by atoms with Gasteiger partial charge < -0.3 is 10.0 Å². The van der Waals surface area contributed by atoms with E-state index >= 15 is 0 Å². The molecule has 0 bridgehead atoms. The molecule has 2 aromatic heterocycles. The molecule has 8 nitrogen and oxygen atoms in total. The number of para-hydroxylation sites is 1. The first-order valence-corrected chi connectivity index (χ1v) is 12.4. The smallest absolute Gasteiger partial charge is 0.354 e. The number of rotatable bonds is 5. The summed E-state index contributed by atoms with van der Waals surface area (Å²) in [6, 6.07) is 11.1. The maximum atomic E-state index is 12.1. The highest BCUT2D eigenvalue weighted by Gasteiger charge is 2.34. The van der Waals surface area contributed by atoms with Gasteiger partial charge in [-0.15, -0.1) is 0 Å². The normalized spacial score (nSPS) is 19.6. The highest BCUT2D eigenvalue weighted by molar-refractivity contribution is 7.91. The van der Waals surface area contributed by atoms with E-state index in [0.29, 0.717) is 31.1 Å². The van der Waals surface area contributed by atoms with E-state index < -0.39 is 21.1 Å². The first-order valence-electron chi connectivity index (χ1n) is 10.5. The van der Waals surface area contributed by atoms with Gasteiger partial charge in [0.05, 0.1) is 27.7 Å². The molecule has 3 heterocycles. The van der Waals surface area contributed by atoms with E-state index in [1.54, 1.807) is 10.7 Å². The minimum Gasteiger partial charge on any atom is -0.477 e. The van der Waals surface area contributed by atoms with Crippen LogP contribution in [0.5, 0.6) is 0 Å². The monoisotopic (exact) mass is 440 g/mol. The summed E-state index contributed by atoms with van der Waals surface area (Å²) in [4.78, 5) is 18.3. The Kier molecular flexibility index (Phi) is 4.73. The molecule has 2 fully saturated rings. The third-order valence-electron chi connectivity index (χ3n) is 6.45. The summed E-state index contributed by atoms with van der Waals surface area (Å²) >= 11 is 0. The molecule has 0 amide bonds. The van der Waals surface area contributed by atoms with Gasteiger partial charge in [0.1, 0.15) is 0 Å². The molecule has 162 valence electrons. The van der Waals surface area contributed by atoms with Gasteiger partial charge in [-0.3, -0.25) is 0 Å². The van der Waals surface area contributed by atoms with Crippen LogP contribution >= 0.6 is 0 Å². The van der Waals surface area contributed by atoms with Gasteiger partial charge in [-0.05, 0) is 37.5 Å². The summed E-state index contributed by atoms with van der Waals surface area (Å²) in [5, 5.41) is 15.0. The first kappa shape index (κ1) is 20.0. The van der Waals surface area contributed by atoms with Crippen LogP contribution in [-0.4, -0.2) is 58.9 Å². The minimum absolute atomic E-state index is 0.0671. The fraction of sp³-hybridized carbons (Fsp3) is 0.409. The third-order valence-corrected chi connectivity index (χ3v) is 8.04. The van der Waals surface area contributed by atoms with Crippen molar-refractivity contribution in [3.63, 3.8) is 0 Å². The average Bonchev–Trinajstić information content (AvgIpc) is 3.32. The number of carbonyl (C=O) groups is 1. The quantitative estimate of drug-likeness (QED) is 0.650. The molecular formula is C22H24N4O4S. The average molecular weight is 441 g/mol. The zero-order valence-electron chi connectivity index (χ0n) is 17.2. The van der Waals surface area contributed by atoms with Crippen molar-refractivity contribution in [2.24, 2.45) is 0 Å². The van der Waals surface area contributed by atoms with Crippen LogP contribution in [-0.2, 0) is 9.84 Å². The van der Waals surface area contributed by atoms with E-state index in [1.165, 1.54) is 6.26 Å². The van der Waals surface area contributed by atoms with Crippen LogP contribution in [0.2, 0.25) is 0 Å². The van der Waals surface area contributed by atoms with Crippen LogP contribution in [0.25, 0.3) is 16.7 Å². The van der Waals surface area contributed by atoms with E-state index in [2.05, 4.69) is 4.98 Å². The molecule has 31 heavy (non-hydrogen) atoms. The molecule has 1 aromatic carbocycles. The lowest BCUT2D eigenvalue weighted by Crippen LogP contribution is -2.26. The molecule has 9 heteroatoms. The molecule has 0 unspecified atom stereocenters. The first-order chi connectivity index (χ1) is 14.8. The Bertz CT molecular complexity index is 1270. The number of nitrogens with zero attached hydrogens (tertiary/aromatic N) is 4. The standard InChI is InChI=1S/C22H24N4O4S/c1-31(29,30)16-10-11-25(13-16)18-12-17(22(27)28)23-21-19(18)20(14-6-5-7-14)24-26(21)15-8-3-2-4-9-15/h2-4,8-9,12,14,16H,5-7,10-11,13H2,1H3,(H,27,28)/t16-/m1/s1. The van der Waals surface area contributed by atoms with Gasteiger partial charge in [0.15, 0.2) is 21.2 Å². The molecule has 1 aliphatic carbocycles. The second-order valence-corrected chi connectivity index (χ2v) is 10.8. The fourth-order valence-electron chi connectivity index (χ4n) is 4.49. The van der Waals surface area contributed by atoms with Crippen molar-refractivity contribution in [3.8, 4) is 5.69 Å². The Morgan fingerprint density at radius 1 is 1.16 bits per heavy atom. The Morgan fingerprint density at radius 3 is 2.48 bits per heavy atom. The largest absolute Gasteiger partial charge is 0.477 e. The molecule has 1 saturated carbocycles. The zero-order chi connectivity index (χ0) is 21.8. The van der Waals surface area contributed by atoms with Crippen LogP contribution < -0.4 is 4.90 Å². The van der Waals surface area contributed by atoms with Crippen LogP contribution in [0.1, 0.15) is 47.8 Å². The van der Waals surface area contributed by atoms with Gasteiger partial charge in [-0.2, -0.15) is 5.10 Å². The molecule has 1 saturated heterocycles. The summed E-state index contributed by atoms with van der Waals surface area (Å²) in [5.41, 5.74) is 2.90. The van der Waals surface area contributed by atoms with E-state index in [1.807, 2.05) is 35.2 Å². The van der Waals surface area contributed by atoms with Gasteiger partial charge in [0.25, 0.3) is 0 Å². The van der Waals surface area contributed by atoms with Gasteiger partial charge in [0, 0.05) is 25.3 Å². The van der Waals surface area contributed by atoms with E-state index in [4.69, 9.17) is 5.10 Å². The number of anilines is 1. The van der Waals surface area contributed by atoms with Crippen molar-refractivity contribution in [2.75, 3.05) is 24.2 Å². The number of pyridine rings is 1. The lowest BCUT2D eigenvalue weighted by atomic mass is 9.82. The third kappa shape index (κ3) is 3.46. The van der Waals surface area contributed by atoms with Crippen molar-refractivity contribution in [3.05, 3.63) is 47.8 Å². The van der Waals surface area contributed by atoms with Crippen molar-refractivity contribution in [1.82, 2.24) is 14.8 Å². The number of benzene rings is 1. The van der Waals surface area contributed by atoms with Gasteiger partial charge >= 0.3 is 5.97 Å². The minimum atomic E-state index is -3.18. The van der Waals surface area contributed by atoms with Crippen LogP contribution in [0.4, 0.5) is 5.69 Å². The molecule has 0 spiro atoms. The molecule has 5 rings (SSSR count).